The number of carbonyl (C=O) groups is 2. The molecule has 0 aromatic heterocycles. The predicted octanol–water partition coefficient (Wildman–Crippen LogP) is 2.24. The third kappa shape index (κ3) is 4.26. The number of ether oxygens (including phenoxy) is 2. The van der Waals surface area contributed by atoms with E-state index in [1.165, 1.54) is 0 Å². The third-order valence-electron chi connectivity index (χ3n) is 2.25. The first-order valence-corrected chi connectivity index (χ1v) is 5.60. The molecule has 0 aliphatic rings. The topological polar surface area (TPSA) is 52.6 Å². The molecule has 17 heavy (non-hydrogen) atoms. The first-order valence-electron chi connectivity index (χ1n) is 5.60. The van der Waals surface area contributed by atoms with Gasteiger partial charge in [-0.2, -0.15) is 0 Å². The summed E-state index contributed by atoms with van der Waals surface area (Å²) in [6.45, 7) is 2.62. The molecule has 0 saturated heterocycles. The van der Waals surface area contributed by atoms with Gasteiger partial charge in [0.1, 0.15) is 0 Å². The maximum atomic E-state index is 11.7. The van der Waals surface area contributed by atoms with Gasteiger partial charge in [0, 0.05) is 5.56 Å². The van der Waals surface area contributed by atoms with Gasteiger partial charge in [0.15, 0.2) is 0 Å². The minimum atomic E-state index is -0.967. The fraction of sp³-hybridized carbons (Fsp3) is 0.385. The van der Waals surface area contributed by atoms with Crippen molar-refractivity contribution >= 4 is 12.4 Å². The second kappa shape index (κ2) is 7.44. The Morgan fingerprint density at radius 1 is 1.35 bits per heavy atom. The molecular formula is C13H16O4. The second-order valence-corrected chi connectivity index (χ2v) is 3.54. The lowest BCUT2D eigenvalue weighted by atomic mass is 10.1. The molecule has 0 radical (unpaired) electrons. The zero-order valence-electron chi connectivity index (χ0n) is 9.80. The van der Waals surface area contributed by atoms with Crippen LogP contribution in [-0.2, 0) is 19.1 Å². The Labute approximate surface area is 101 Å². The molecule has 0 aliphatic heterocycles. The maximum Gasteiger partial charge on any atom is 0.352 e. The Bertz CT molecular complexity index is 348. The van der Waals surface area contributed by atoms with Crippen LogP contribution in [0.3, 0.4) is 0 Å². The highest BCUT2D eigenvalue weighted by Gasteiger charge is 2.23. The molecule has 1 rings (SSSR count). The zero-order chi connectivity index (χ0) is 12.5. The summed E-state index contributed by atoms with van der Waals surface area (Å²) in [4.78, 5) is 22.1. The van der Waals surface area contributed by atoms with E-state index in [1.54, 1.807) is 24.3 Å². The summed E-state index contributed by atoms with van der Waals surface area (Å²) in [6, 6.07) is 8.81. The number of unbranched alkanes of at least 4 members (excludes halogenated alkanes) is 1. The van der Waals surface area contributed by atoms with Gasteiger partial charge in [0.05, 0.1) is 6.61 Å². The Kier molecular flexibility index (Phi) is 5.79. The third-order valence-corrected chi connectivity index (χ3v) is 2.25. The molecule has 4 nitrogen and oxygen atoms in total. The highest BCUT2D eigenvalue weighted by molar-refractivity contribution is 5.77. The van der Waals surface area contributed by atoms with E-state index in [-0.39, 0.29) is 6.47 Å². The Balaban J connectivity index is 2.65. The van der Waals surface area contributed by atoms with Crippen molar-refractivity contribution < 1.29 is 19.1 Å². The Morgan fingerprint density at radius 2 is 2.06 bits per heavy atom. The van der Waals surface area contributed by atoms with E-state index in [1.807, 2.05) is 13.0 Å². The molecule has 0 spiro atoms. The number of benzene rings is 1. The number of hydrogen-bond acceptors (Lipinski definition) is 4. The van der Waals surface area contributed by atoms with Gasteiger partial charge < -0.3 is 9.47 Å². The van der Waals surface area contributed by atoms with Gasteiger partial charge in [-0.1, -0.05) is 43.7 Å². The lowest BCUT2D eigenvalue weighted by molar-refractivity contribution is -0.162. The van der Waals surface area contributed by atoms with Gasteiger partial charge in [-0.25, -0.2) is 4.79 Å². The summed E-state index contributed by atoms with van der Waals surface area (Å²) in [5.74, 6) is -0.531. The van der Waals surface area contributed by atoms with Crippen LogP contribution in [0.25, 0.3) is 0 Å². The lowest BCUT2D eigenvalue weighted by Gasteiger charge is -2.14. The van der Waals surface area contributed by atoms with Crippen LogP contribution in [0.15, 0.2) is 30.3 Å². The van der Waals surface area contributed by atoms with E-state index in [2.05, 4.69) is 0 Å². The van der Waals surface area contributed by atoms with Gasteiger partial charge in [-0.05, 0) is 6.42 Å². The SMILES string of the molecule is CCCCOC(=O)C(OC=O)c1ccccc1. The summed E-state index contributed by atoms with van der Waals surface area (Å²) in [7, 11) is 0. The maximum absolute atomic E-state index is 11.7. The lowest BCUT2D eigenvalue weighted by Crippen LogP contribution is -2.19. The van der Waals surface area contributed by atoms with Crippen molar-refractivity contribution in [1.82, 2.24) is 0 Å². The molecule has 1 unspecified atom stereocenters. The van der Waals surface area contributed by atoms with E-state index >= 15 is 0 Å². The number of hydrogen-bond donors (Lipinski definition) is 0. The largest absolute Gasteiger partial charge is 0.463 e. The molecule has 0 bridgehead atoms. The van der Waals surface area contributed by atoms with E-state index in [0.29, 0.717) is 12.2 Å². The van der Waals surface area contributed by atoms with Gasteiger partial charge in [-0.3, -0.25) is 4.79 Å². The standard InChI is InChI=1S/C13H16O4/c1-2-3-9-16-13(15)12(17-10-14)11-7-5-4-6-8-11/h4-8,10,12H,2-3,9H2,1H3. The molecule has 0 amide bonds. The van der Waals surface area contributed by atoms with Crippen LogP contribution < -0.4 is 0 Å². The minimum absolute atomic E-state index is 0.263. The summed E-state index contributed by atoms with van der Waals surface area (Å²) in [5.41, 5.74) is 0.612. The summed E-state index contributed by atoms with van der Waals surface area (Å²) in [5, 5.41) is 0. The van der Waals surface area contributed by atoms with Crippen molar-refractivity contribution in [2.75, 3.05) is 6.61 Å². The highest BCUT2D eigenvalue weighted by Crippen LogP contribution is 2.18. The van der Waals surface area contributed by atoms with Crippen LogP contribution in [0.4, 0.5) is 0 Å². The van der Waals surface area contributed by atoms with Crippen LogP contribution in [0.2, 0.25) is 0 Å². The van der Waals surface area contributed by atoms with Crippen LogP contribution in [0.5, 0.6) is 0 Å². The van der Waals surface area contributed by atoms with Crippen LogP contribution in [-0.4, -0.2) is 19.0 Å². The number of carbonyl (C=O) groups excluding carboxylic acids is 2. The van der Waals surface area contributed by atoms with Crippen molar-refractivity contribution in [3.8, 4) is 0 Å². The molecule has 0 heterocycles. The van der Waals surface area contributed by atoms with Crippen LogP contribution in [0.1, 0.15) is 31.4 Å². The van der Waals surface area contributed by atoms with Gasteiger partial charge in [0.2, 0.25) is 6.10 Å². The minimum Gasteiger partial charge on any atom is -0.463 e. The Morgan fingerprint density at radius 3 is 2.65 bits per heavy atom. The second-order valence-electron chi connectivity index (χ2n) is 3.54. The molecule has 4 heteroatoms. The van der Waals surface area contributed by atoms with Gasteiger partial charge in [0.25, 0.3) is 6.47 Å². The average Bonchev–Trinajstić information content (AvgIpc) is 2.37. The molecule has 1 aromatic rings. The highest BCUT2D eigenvalue weighted by atomic mass is 16.6. The monoisotopic (exact) mass is 236 g/mol. The summed E-state index contributed by atoms with van der Waals surface area (Å²) >= 11 is 0. The number of esters is 1. The quantitative estimate of drug-likeness (QED) is 0.414. The summed E-state index contributed by atoms with van der Waals surface area (Å²) < 4.78 is 9.79. The zero-order valence-corrected chi connectivity index (χ0v) is 9.80. The number of rotatable bonds is 7. The fourth-order valence-corrected chi connectivity index (χ4v) is 1.35. The van der Waals surface area contributed by atoms with Crippen molar-refractivity contribution in [3.63, 3.8) is 0 Å². The van der Waals surface area contributed by atoms with Gasteiger partial charge >= 0.3 is 5.97 Å². The molecule has 0 saturated carbocycles. The Hall–Kier alpha value is -1.84. The van der Waals surface area contributed by atoms with E-state index in [0.717, 1.165) is 12.8 Å². The molecule has 1 aromatic carbocycles. The van der Waals surface area contributed by atoms with E-state index in [9.17, 15) is 9.59 Å². The van der Waals surface area contributed by atoms with Crippen LogP contribution in [0, 0.1) is 0 Å². The molecule has 92 valence electrons. The van der Waals surface area contributed by atoms with Crippen molar-refractivity contribution in [1.29, 1.82) is 0 Å². The first kappa shape index (κ1) is 13.2. The molecular weight excluding hydrogens is 220 g/mol. The van der Waals surface area contributed by atoms with Gasteiger partial charge in [-0.15, -0.1) is 0 Å². The average molecular weight is 236 g/mol. The smallest absolute Gasteiger partial charge is 0.352 e. The van der Waals surface area contributed by atoms with Crippen molar-refractivity contribution in [2.24, 2.45) is 0 Å². The molecule has 0 N–H and O–H groups in total. The van der Waals surface area contributed by atoms with Crippen molar-refractivity contribution in [3.05, 3.63) is 35.9 Å². The van der Waals surface area contributed by atoms with E-state index in [4.69, 9.17) is 9.47 Å². The molecule has 0 fully saturated rings. The van der Waals surface area contributed by atoms with Crippen molar-refractivity contribution in [2.45, 2.75) is 25.9 Å². The fourth-order valence-electron chi connectivity index (χ4n) is 1.35. The molecule has 0 aliphatic carbocycles. The summed E-state index contributed by atoms with van der Waals surface area (Å²) in [6.07, 6.45) is 0.775. The molecule has 1 atom stereocenters. The first-order chi connectivity index (χ1) is 8.29. The predicted molar refractivity (Wildman–Crippen MR) is 62.2 cm³/mol. The van der Waals surface area contributed by atoms with E-state index < -0.39 is 12.1 Å². The normalized spacial score (nSPS) is 11.6. The van der Waals surface area contributed by atoms with Crippen LogP contribution >= 0.6 is 0 Å².